The number of hydrogen-bond donors (Lipinski definition) is 2. The lowest BCUT2D eigenvalue weighted by molar-refractivity contribution is 0.349. The van der Waals surface area contributed by atoms with Crippen molar-refractivity contribution in [3.8, 4) is 0 Å². The highest BCUT2D eigenvalue weighted by Crippen LogP contribution is 2.23. The van der Waals surface area contributed by atoms with Gasteiger partial charge in [-0.15, -0.1) is 23.7 Å². The van der Waals surface area contributed by atoms with Crippen LogP contribution < -0.4 is 10.0 Å². The maximum Gasteiger partial charge on any atom is 0.252 e. The van der Waals surface area contributed by atoms with Crippen molar-refractivity contribution in [3.05, 3.63) is 10.7 Å². The standard InChI is InChI=1S/C11H19N3O2S2.ClH/c1-7-10(5-4-6-12-7)14-18(15,16)11-8(2)13-9(3)17-11;/h7,10,12,14H,4-6H2,1-3H3;1H. The number of halogens is 1. The van der Waals surface area contributed by atoms with E-state index in [1.54, 1.807) is 6.92 Å². The van der Waals surface area contributed by atoms with Crippen molar-refractivity contribution in [1.82, 2.24) is 15.0 Å². The molecule has 2 heterocycles. The molecule has 2 unspecified atom stereocenters. The van der Waals surface area contributed by atoms with Crippen molar-refractivity contribution in [2.45, 2.75) is 49.9 Å². The Balaban J connectivity index is 0.00000180. The van der Waals surface area contributed by atoms with E-state index >= 15 is 0 Å². The summed E-state index contributed by atoms with van der Waals surface area (Å²) in [6.07, 6.45) is 1.88. The van der Waals surface area contributed by atoms with Crippen molar-refractivity contribution < 1.29 is 8.42 Å². The van der Waals surface area contributed by atoms with Gasteiger partial charge in [0.25, 0.3) is 10.0 Å². The van der Waals surface area contributed by atoms with Crippen LogP contribution in [0.15, 0.2) is 4.21 Å². The molecule has 0 aliphatic carbocycles. The molecule has 110 valence electrons. The molecule has 19 heavy (non-hydrogen) atoms. The number of aromatic nitrogens is 1. The first-order valence-corrected chi connectivity index (χ1v) is 8.40. The van der Waals surface area contributed by atoms with Crippen LogP contribution in [0.3, 0.4) is 0 Å². The Morgan fingerprint density at radius 1 is 1.42 bits per heavy atom. The first-order chi connectivity index (χ1) is 8.40. The van der Waals surface area contributed by atoms with Gasteiger partial charge in [-0.3, -0.25) is 0 Å². The summed E-state index contributed by atoms with van der Waals surface area (Å²) in [6, 6.07) is 0.133. The highest BCUT2D eigenvalue weighted by molar-refractivity contribution is 7.91. The summed E-state index contributed by atoms with van der Waals surface area (Å²) < 4.78 is 27.8. The molecule has 1 aliphatic rings. The van der Waals surface area contributed by atoms with E-state index in [2.05, 4.69) is 15.0 Å². The molecular formula is C11H20ClN3O2S2. The summed E-state index contributed by atoms with van der Waals surface area (Å²) in [7, 11) is -3.44. The predicted octanol–water partition coefficient (Wildman–Crippen LogP) is 1.60. The second-order valence-corrected chi connectivity index (χ2v) is 7.83. The Hall–Kier alpha value is -0.210. The van der Waals surface area contributed by atoms with Gasteiger partial charge in [0.1, 0.15) is 0 Å². The normalized spacial score (nSPS) is 23.9. The van der Waals surface area contributed by atoms with Crippen LogP contribution >= 0.6 is 23.7 Å². The van der Waals surface area contributed by atoms with E-state index in [1.807, 2.05) is 13.8 Å². The van der Waals surface area contributed by atoms with E-state index in [9.17, 15) is 8.42 Å². The Morgan fingerprint density at radius 2 is 2.11 bits per heavy atom. The third-order valence-electron chi connectivity index (χ3n) is 3.17. The molecule has 0 spiro atoms. The highest BCUT2D eigenvalue weighted by atomic mass is 35.5. The lowest BCUT2D eigenvalue weighted by Crippen LogP contribution is -2.51. The van der Waals surface area contributed by atoms with Crippen LogP contribution in [-0.2, 0) is 10.0 Å². The minimum atomic E-state index is -3.44. The maximum absolute atomic E-state index is 12.3. The molecule has 2 rings (SSSR count). The van der Waals surface area contributed by atoms with Crippen molar-refractivity contribution in [1.29, 1.82) is 0 Å². The molecular weight excluding hydrogens is 306 g/mol. The minimum absolute atomic E-state index is 0. The molecule has 0 radical (unpaired) electrons. The molecule has 5 nitrogen and oxygen atoms in total. The van der Waals surface area contributed by atoms with Crippen molar-refractivity contribution >= 4 is 33.8 Å². The second kappa shape index (κ2) is 6.49. The highest BCUT2D eigenvalue weighted by Gasteiger charge is 2.28. The topological polar surface area (TPSA) is 71.1 Å². The fourth-order valence-electron chi connectivity index (χ4n) is 2.22. The van der Waals surface area contributed by atoms with Gasteiger partial charge in [0.15, 0.2) is 4.21 Å². The van der Waals surface area contributed by atoms with Crippen LogP contribution in [0.5, 0.6) is 0 Å². The third kappa shape index (κ3) is 3.88. The van der Waals surface area contributed by atoms with E-state index in [0.29, 0.717) is 9.90 Å². The summed E-state index contributed by atoms with van der Waals surface area (Å²) in [4.78, 5) is 4.17. The summed E-state index contributed by atoms with van der Waals surface area (Å²) in [5.74, 6) is 0. The number of rotatable bonds is 3. The summed E-state index contributed by atoms with van der Waals surface area (Å²) in [5, 5.41) is 4.07. The van der Waals surface area contributed by atoms with Gasteiger partial charge >= 0.3 is 0 Å². The van der Waals surface area contributed by atoms with Gasteiger partial charge in [-0.2, -0.15) is 0 Å². The molecule has 1 fully saturated rings. The Morgan fingerprint density at radius 3 is 2.63 bits per heavy atom. The molecule has 0 saturated carbocycles. The van der Waals surface area contributed by atoms with E-state index in [1.165, 1.54) is 11.3 Å². The number of sulfonamides is 1. The van der Waals surface area contributed by atoms with E-state index < -0.39 is 10.0 Å². The second-order valence-electron chi connectivity index (χ2n) is 4.72. The monoisotopic (exact) mass is 325 g/mol. The van der Waals surface area contributed by atoms with Crippen LogP contribution in [0.25, 0.3) is 0 Å². The summed E-state index contributed by atoms with van der Waals surface area (Å²) >= 11 is 1.23. The van der Waals surface area contributed by atoms with Crippen LogP contribution in [0, 0.1) is 13.8 Å². The molecule has 8 heteroatoms. The molecule has 2 N–H and O–H groups in total. The molecule has 0 aromatic carbocycles. The van der Waals surface area contributed by atoms with Crippen molar-refractivity contribution in [2.75, 3.05) is 6.54 Å². The van der Waals surface area contributed by atoms with E-state index in [4.69, 9.17) is 0 Å². The van der Waals surface area contributed by atoms with Gasteiger partial charge in [0.05, 0.1) is 10.7 Å². The van der Waals surface area contributed by atoms with Crippen LogP contribution in [0.1, 0.15) is 30.5 Å². The fourth-order valence-corrected chi connectivity index (χ4v) is 5.07. The van der Waals surface area contributed by atoms with Gasteiger partial charge in [-0.05, 0) is 40.2 Å². The number of nitrogens with zero attached hydrogens (tertiary/aromatic N) is 1. The zero-order valence-electron chi connectivity index (χ0n) is 11.3. The molecule has 1 aromatic heterocycles. The first-order valence-electron chi connectivity index (χ1n) is 6.10. The summed E-state index contributed by atoms with van der Waals surface area (Å²) in [6.45, 7) is 6.53. The number of hydrogen-bond acceptors (Lipinski definition) is 5. The lowest BCUT2D eigenvalue weighted by Gasteiger charge is -2.30. The zero-order chi connectivity index (χ0) is 13.3. The first kappa shape index (κ1) is 16.8. The fraction of sp³-hybridized carbons (Fsp3) is 0.727. The van der Waals surface area contributed by atoms with Gasteiger partial charge in [0.2, 0.25) is 0 Å². The molecule has 1 aliphatic heterocycles. The van der Waals surface area contributed by atoms with Crippen molar-refractivity contribution in [2.24, 2.45) is 0 Å². The van der Waals surface area contributed by atoms with Gasteiger partial charge in [-0.1, -0.05) is 0 Å². The molecule has 0 bridgehead atoms. The van der Waals surface area contributed by atoms with Crippen LogP contribution in [0.2, 0.25) is 0 Å². The molecule has 1 saturated heterocycles. The molecule has 0 amide bonds. The van der Waals surface area contributed by atoms with E-state index in [0.717, 1.165) is 24.4 Å². The zero-order valence-corrected chi connectivity index (χ0v) is 13.7. The predicted molar refractivity (Wildman–Crippen MR) is 79.6 cm³/mol. The smallest absolute Gasteiger partial charge is 0.252 e. The summed E-state index contributed by atoms with van der Waals surface area (Å²) in [5.41, 5.74) is 0.585. The van der Waals surface area contributed by atoms with E-state index in [-0.39, 0.29) is 24.5 Å². The number of nitrogens with one attached hydrogen (secondary N) is 2. The van der Waals surface area contributed by atoms with Crippen LogP contribution in [-0.4, -0.2) is 32.0 Å². The molecule has 1 aromatic rings. The molecule has 2 atom stereocenters. The maximum atomic E-state index is 12.3. The van der Waals surface area contributed by atoms with Gasteiger partial charge in [-0.25, -0.2) is 18.1 Å². The number of piperidine rings is 1. The number of thiazole rings is 1. The van der Waals surface area contributed by atoms with Crippen molar-refractivity contribution in [3.63, 3.8) is 0 Å². The minimum Gasteiger partial charge on any atom is -0.313 e. The Labute approximate surface area is 124 Å². The van der Waals surface area contributed by atoms with Crippen LogP contribution in [0.4, 0.5) is 0 Å². The van der Waals surface area contributed by atoms with Gasteiger partial charge in [0, 0.05) is 12.1 Å². The largest absolute Gasteiger partial charge is 0.313 e. The number of aryl methyl sites for hydroxylation is 2. The quantitative estimate of drug-likeness (QED) is 0.885. The SMILES string of the molecule is Cc1nc(C)c(S(=O)(=O)NC2CCCNC2C)s1.Cl. The van der Waals surface area contributed by atoms with Gasteiger partial charge < -0.3 is 5.32 Å². The lowest BCUT2D eigenvalue weighted by atomic mass is 10.0. The Kier molecular flexibility index (Phi) is 5.76. The average molecular weight is 326 g/mol. The third-order valence-corrected chi connectivity index (χ3v) is 6.35. The average Bonchev–Trinajstić information content (AvgIpc) is 2.62. The Bertz CT molecular complexity index is 530.